The van der Waals surface area contributed by atoms with Crippen molar-refractivity contribution in [2.24, 2.45) is 7.05 Å². The van der Waals surface area contributed by atoms with E-state index in [1.807, 2.05) is 43.7 Å². The van der Waals surface area contributed by atoms with Gasteiger partial charge < -0.3 is 10.4 Å². The van der Waals surface area contributed by atoms with Crippen LogP contribution in [0.1, 0.15) is 18.4 Å². The van der Waals surface area contributed by atoms with E-state index in [1.165, 1.54) is 0 Å². The molecule has 0 atom stereocenters. The average Bonchev–Trinajstić information content (AvgIpc) is 3.00. The summed E-state index contributed by atoms with van der Waals surface area (Å²) in [4.78, 5) is 12.3. The predicted octanol–water partition coefficient (Wildman–Crippen LogP) is 1.96. The van der Waals surface area contributed by atoms with E-state index in [-0.39, 0.29) is 5.91 Å². The number of aryl methyl sites for hydroxylation is 1. The Kier molecular flexibility index (Phi) is 4.73. The number of nitrogens with zero attached hydrogens (tertiary/aromatic N) is 2. The lowest BCUT2D eigenvalue weighted by Crippen LogP contribution is -2.48. The summed E-state index contributed by atoms with van der Waals surface area (Å²) in [7, 11) is 1.89. The van der Waals surface area contributed by atoms with E-state index in [2.05, 4.69) is 10.4 Å². The summed E-state index contributed by atoms with van der Waals surface area (Å²) >= 11 is 1.78. The molecule has 0 spiro atoms. The van der Waals surface area contributed by atoms with Gasteiger partial charge in [-0.05, 0) is 41.5 Å². The van der Waals surface area contributed by atoms with E-state index in [9.17, 15) is 9.90 Å². The SMILES string of the molecule is Cn1cc(-c2cccc(CNC(=O)C3(O)CCSCC3)c2)cn1. The Bertz CT molecular complexity index is 693. The minimum atomic E-state index is -1.20. The van der Waals surface area contributed by atoms with Crippen molar-refractivity contribution in [3.63, 3.8) is 0 Å². The normalized spacial score (nSPS) is 17.0. The highest BCUT2D eigenvalue weighted by Crippen LogP contribution is 2.27. The molecule has 2 aromatic rings. The maximum atomic E-state index is 12.3. The molecule has 1 aromatic carbocycles. The van der Waals surface area contributed by atoms with Gasteiger partial charge in [0.2, 0.25) is 0 Å². The summed E-state index contributed by atoms with van der Waals surface area (Å²) in [5.41, 5.74) is 1.92. The zero-order chi connectivity index (χ0) is 16.3. The Morgan fingerprint density at radius 1 is 1.39 bits per heavy atom. The number of rotatable bonds is 4. The summed E-state index contributed by atoms with van der Waals surface area (Å²) in [6, 6.07) is 8.00. The Balaban J connectivity index is 1.65. The second-order valence-corrected chi connectivity index (χ2v) is 7.15. The number of benzene rings is 1. The number of thioether (sulfide) groups is 1. The summed E-state index contributed by atoms with van der Waals surface area (Å²) in [6.07, 6.45) is 4.83. The van der Waals surface area contributed by atoms with Crippen LogP contribution in [0.15, 0.2) is 36.7 Å². The number of aliphatic hydroxyl groups is 1. The molecule has 23 heavy (non-hydrogen) atoms. The number of hydrogen-bond donors (Lipinski definition) is 2. The minimum absolute atomic E-state index is 0.260. The Labute approximate surface area is 140 Å². The van der Waals surface area contributed by atoms with Crippen molar-refractivity contribution >= 4 is 17.7 Å². The molecule has 2 N–H and O–H groups in total. The summed E-state index contributed by atoms with van der Waals surface area (Å²) < 4.78 is 1.76. The summed E-state index contributed by atoms with van der Waals surface area (Å²) in [5, 5.41) is 17.5. The number of hydrogen-bond acceptors (Lipinski definition) is 4. The first-order chi connectivity index (χ1) is 11.1. The van der Waals surface area contributed by atoms with Gasteiger partial charge >= 0.3 is 0 Å². The maximum absolute atomic E-state index is 12.3. The van der Waals surface area contributed by atoms with Crippen LogP contribution < -0.4 is 5.32 Å². The molecule has 1 aliphatic rings. The maximum Gasteiger partial charge on any atom is 0.252 e. The van der Waals surface area contributed by atoms with Gasteiger partial charge in [0.15, 0.2) is 0 Å². The fourth-order valence-electron chi connectivity index (χ4n) is 2.71. The molecule has 1 saturated heterocycles. The zero-order valence-electron chi connectivity index (χ0n) is 13.2. The topological polar surface area (TPSA) is 67.2 Å². The molecule has 1 fully saturated rings. The molecule has 1 amide bonds. The van der Waals surface area contributed by atoms with Crippen molar-refractivity contribution in [2.75, 3.05) is 11.5 Å². The molecular weight excluding hydrogens is 310 g/mol. The smallest absolute Gasteiger partial charge is 0.252 e. The molecule has 0 aliphatic carbocycles. The van der Waals surface area contributed by atoms with Crippen LogP contribution in [0, 0.1) is 0 Å². The van der Waals surface area contributed by atoms with Crippen molar-refractivity contribution in [2.45, 2.75) is 25.0 Å². The number of carbonyl (C=O) groups is 1. The molecule has 0 radical (unpaired) electrons. The van der Waals surface area contributed by atoms with Gasteiger partial charge in [-0.25, -0.2) is 0 Å². The molecule has 122 valence electrons. The molecule has 0 bridgehead atoms. The molecule has 5 nitrogen and oxygen atoms in total. The lowest BCUT2D eigenvalue weighted by atomic mass is 9.95. The highest BCUT2D eigenvalue weighted by Gasteiger charge is 2.37. The fraction of sp³-hybridized carbons (Fsp3) is 0.412. The third kappa shape index (κ3) is 3.76. The van der Waals surface area contributed by atoms with Gasteiger partial charge in [0.1, 0.15) is 5.60 Å². The van der Waals surface area contributed by atoms with Crippen molar-refractivity contribution < 1.29 is 9.90 Å². The van der Waals surface area contributed by atoms with Crippen LogP contribution >= 0.6 is 11.8 Å². The predicted molar refractivity (Wildman–Crippen MR) is 92.0 cm³/mol. The van der Waals surface area contributed by atoms with Crippen molar-refractivity contribution in [1.29, 1.82) is 0 Å². The molecular formula is C17H21N3O2S. The summed E-state index contributed by atoms with van der Waals surface area (Å²) in [5.74, 6) is 1.41. The van der Waals surface area contributed by atoms with Crippen LogP contribution in [0.3, 0.4) is 0 Å². The molecule has 1 aromatic heterocycles. The van der Waals surface area contributed by atoms with Gasteiger partial charge in [-0.1, -0.05) is 18.2 Å². The molecule has 0 unspecified atom stereocenters. The Hall–Kier alpha value is -1.79. The van der Waals surface area contributed by atoms with Crippen molar-refractivity contribution in [3.05, 3.63) is 42.2 Å². The molecule has 1 aliphatic heterocycles. The number of nitrogens with one attached hydrogen (secondary N) is 1. The second kappa shape index (κ2) is 6.76. The van der Waals surface area contributed by atoms with Gasteiger partial charge in [0.05, 0.1) is 6.20 Å². The quantitative estimate of drug-likeness (QED) is 0.899. The first-order valence-electron chi connectivity index (χ1n) is 7.73. The molecule has 6 heteroatoms. The first kappa shape index (κ1) is 16.1. The van der Waals surface area contributed by atoms with E-state index in [0.29, 0.717) is 19.4 Å². The highest BCUT2D eigenvalue weighted by molar-refractivity contribution is 7.99. The van der Waals surface area contributed by atoms with Gasteiger partial charge in [0.25, 0.3) is 5.91 Å². The van der Waals surface area contributed by atoms with E-state index in [0.717, 1.165) is 28.2 Å². The number of amides is 1. The van der Waals surface area contributed by atoms with Crippen LogP contribution in [-0.4, -0.2) is 37.9 Å². The molecule has 3 rings (SSSR count). The van der Waals surface area contributed by atoms with Crippen molar-refractivity contribution in [3.8, 4) is 11.1 Å². The third-order valence-corrected chi connectivity index (χ3v) is 5.15. The van der Waals surface area contributed by atoms with Crippen LogP contribution in [0.4, 0.5) is 0 Å². The second-order valence-electron chi connectivity index (χ2n) is 5.93. The fourth-order valence-corrected chi connectivity index (χ4v) is 3.88. The Morgan fingerprint density at radius 2 is 2.17 bits per heavy atom. The van der Waals surface area contributed by atoms with Crippen molar-refractivity contribution in [1.82, 2.24) is 15.1 Å². The first-order valence-corrected chi connectivity index (χ1v) is 8.89. The monoisotopic (exact) mass is 331 g/mol. The van der Waals surface area contributed by atoms with Crippen LogP contribution in [0.5, 0.6) is 0 Å². The van der Waals surface area contributed by atoms with Gasteiger partial charge in [0, 0.05) is 25.4 Å². The minimum Gasteiger partial charge on any atom is -0.380 e. The van der Waals surface area contributed by atoms with E-state index in [4.69, 9.17) is 0 Å². The molecule has 2 heterocycles. The average molecular weight is 331 g/mol. The Morgan fingerprint density at radius 3 is 2.87 bits per heavy atom. The third-order valence-electron chi connectivity index (χ3n) is 4.16. The van der Waals surface area contributed by atoms with Crippen LogP contribution in [0.2, 0.25) is 0 Å². The van der Waals surface area contributed by atoms with E-state index >= 15 is 0 Å². The molecule has 0 saturated carbocycles. The number of carbonyl (C=O) groups excluding carboxylic acids is 1. The van der Waals surface area contributed by atoms with E-state index < -0.39 is 5.60 Å². The zero-order valence-corrected chi connectivity index (χ0v) is 14.0. The van der Waals surface area contributed by atoms with Gasteiger partial charge in [-0.15, -0.1) is 0 Å². The summed E-state index contributed by atoms with van der Waals surface area (Å²) in [6.45, 7) is 0.419. The standard InChI is InChI=1S/C17H21N3O2S/c1-20-12-15(11-19-20)14-4-2-3-13(9-14)10-18-16(21)17(22)5-7-23-8-6-17/h2-4,9,11-12,22H,5-8,10H2,1H3,(H,18,21). The highest BCUT2D eigenvalue weighted by atomic mass is 32.2. The lowest BCUT2D eigenvalue weighted by molar-refractivity contribution is -0.140. The van der Waals surface area contributed by atoms with E-state index in [1.54, 1.807) is 16.4 Å². The largest absolute Gasteiger partial charge is 0.380 e. The lowest BCUT2D eigenvalue weighted by Gasteiger charge is -2.30. The van der Waals surface area contributed by atoms with Crippen LogP contribution in [0.25, 0.3) is 11.1 Å². The van der Waals surface area contributed by atoms with Crippen LogP contribution in [-0.2, 0) is 18.4 Å². The number of aromatic nitrogens is 2. The van der Waals surface area contributed by atoms with Gasteiger partial charge in [-0.2, -0.15) is 16.9 Å². The van der Waals surface area contributed by atoms with Gasteiger partial charge in [-0.3, -0.25) is 9.48 Å².